The molecule has 0 saturated carbocycles. The molecule has 2 nitrogen and oxygen atoms in total. The fraction of sp³-hybridized carbons (Fsp3) is 0.455. The molecule has 2 unspecified atom stereocenters. The molecule has 0 amide bonds. The van der Waals surface area contributed by atoms with E-state index in [-0.39, 0.29) is 29.9 Å². The second kappa shape index (κ2) is 9.58. The van der Waals surface area contributed by atoms with E-state index in [9.17, 15) is 5.11 Å². The second-order valence-corrected chi connectivity index (χ2v) is 7.07. The van der Waals surface area contributed by atoms with E-state index in [1.807, 2.05) is 12.1 Å². The zero-order valence-corrected chi connectivity index (χ0v) is 17.6. The highest BCUT2D eigenvalue weighted by Crippen LogP contribution is 2.37. The summed E-state index contributed by atoms with van der Waals surface area (Å²) in [6.45, 7) is 6.84. The van der Waals surface area contributed by atoms with Gasteiger partial charge in [0.15, 0.2) is 0 Å². The molecule has 2 aromatic rings. The van der Waals surface area contributed by atoms with Crippen molar-refractivity contribution >= 4 is 24.0 Å². The first-order chi connectivity index (χ1) is 11.7. The maximum absolute atomic E-state index is 10.5. The van der Waals surface area contributed by atoms with Crippen LogP contribution in [0.15, 0.2) is 48.5 Å². The van der Waals surface area contributed by atoms with E-state index in [1.165, 1.54) is 37.1 Å². The third kappa shape index (κ3) is 4.98. The summed E-state index contributed by atoms with van der Waals surface area (Å²) in [6.07, 6.45) is 4.87. The maximum Gasteiger partial charge on any atom is 0.119 e. The Bertz CT molecular complexity index is 652. The molecule has 3 heteroatoms. The predicted octanol–water partition coefficient (Wildman–Crippen LogP) is 5.72. The summed E-state index contributed by atoms with van der Waals surface area (Å²) in [7, 11) is 0. The number of nitrogens with zero attached hydrogens (tertiary/aromatic N) is 1. The molecule has 2 atom stereocenters. The molecular formula is C22H30INO. The van der Waals surface area contributed by atoms with Gasteiger partial charge in [0.1, 0.15) is 5.75 Å². The summed E-state index contributed by atoms with van der Waals surface area (Å²) < 4.78 is 0. The smallest absolute Gasteiger partial charge is 0.119 e. The van der Waals surface area contributed by atoms with Crippen molar-refractivity contribution in [2.45, 2.75) is 51.5 Å². The molecule has 1 heterocycles. The standard InChI is InChI=1S/C22H29NO.HI/c1-3-19(23-13-7-8-14-23)16-20(18-9-5-4-6-10-18)21-15-17(2)11-12-22(21)24;/h4-6,9-12,15,19-20,24H,3,7-8,13-14,16H2,1-2H3;1H. The van der Waals surface area contributed by atoms with Gasteiger partial charge in [-0.2, -0.15) is 0 Å². The first-order valence-corrected chi connectivity index (χ1v) is 9.27. The number of likely N-dealkylation sites (tertiary alicyclic amines) is 1. The monoisotopic (exact) mass is 451 g/mol. The molecule has 1 N–H and O–H groups in total. The summed E-state index contributed by atoms with van der Waals surface area (Å²) >= 11 is 0. The van der Waals surface area contributed by atoms with Gasteiger partial charge in [0, 0.05) is 17.5 Å². The molecule has 0 aromatic heterocycles. The number of aromatic hydroxyl groups is 1. The molecule has 3 rings (SSSR count). The van der Waals surface area contributed by atoms with Crippen LogP contribution < -0.4 is 0 Å². The fourth-order valence-corrected chi connectivity index (χ4v) is 4.03. The molecule has 0 spiro atoms. The van der Waals surface area contributed by atoms with E-state index in [0.29, 0.717) is 11.8 Å². The maximum atomic E-state index is 10.5. The van der Waals surface area contributed by atoms with Gasteiger partial charge in [0.2, 0.25) is 0 Å². The molecule has 0 radical (unpaired) electrons. The molecular weight excluding hydrogens is 421 g/mol. The molecule has 1 saturated heterocycles. The Morgan fingerprint density at radius 1 is 1.04 bits per heavy atom. The zero-order valence-electron chi connectivity index (χ0n) is 15.3. The molecule has 1 fully saturated rings. The number of hydrogen-bond acceptors (Lipinski definition) is 2. The van der Waals surface area contributed by atoms with Gasteiger partial charge in [-0.3, -0.25) is 0 Å². The number of phenols is 1. The summed E-state index contributed by atoms with van der Waals surface area (Å²) in [5, 5.41) is 10.5. The van der Waals surface area contributed by atoms with Gasteiger partial charge >= 0.3 is 0 Å². The number of aryl methyl sites for hydroxylation is 1. The van der Waals surface area contributed by atoms with Crippen LogP contribution in [0.2, 0.25) is 0 Å². The predicted molar refractivity (Wildman–Crippen MR) is 116 cm³/mol. The third-order valence-electron chi connectivity index (χ3n) is 5.40. The topological polar surface area (TPSA) is 23.5 Å². The van der Waals surface area contributed by atoms with E-state index in [0.717, 1.165) is 18.4 Å². The minimum Gasteiger partial charge on any atom is -0.508 e. The minimum atomic E-state index is 0. The lowest BCUT2D eigenvalue weighted by Gasteiger charge is -2.31. The molecule has 0 bridgehead atoms. The van der Waals surface area contributed by atoms with Crippen LogP contribution in [0.3, 0.4) is 0 Å². The van der Waals surface area contributed by atoms with Gasteiger partial charge < -0.3 is 10.0 Å². The van der Waals surface area contributed by atoms with Gasteiger partial charge in [0.05, 0.1) is 0 Å². The van der Waals surface area contributed by atoms with Crippen molar-refractivity contribution in [2.75, 3.05) is 13.1 Å². The lowest BCUT2D eigenvalue weighted by Crippen LogP contribution is -2.33. The van der Waals surface area contributed by atoms with Crippen LogP contribution in [0.5, 0.6) is 5.75 Å². The van der Waals surface area contributed by atoms with Crippen LogP contribution >= 0.6 is 24.0 Å². The summed E-state index contributed by atoms with van der Waals surface area (Å²) in [6, 6.07) is 17.2. The summed E-state index contributed by atoms with van der Waals surface area (Å²) in [5.41, 5.74) is 3.58. The Morgan fingerprint density at radius 3 is 2.36 bits per heavy atom. The second-order valence-electron chi connectivity index (χ2n) is 7.07. The SMILES string of the molecule is CCC(CC(c1ccccc1)c1cc(C)ccc1O)N1CCCC1.I. The van der Waals surface area contributed by atoms with Crippen LogP contribution in [0.1, 0.15) is 55.2 Å². The molecule has 136 valence electrons. The Hall–Kier alpha value is -1.07. The molecule has 25 heavy (non-hydrogen) atoms. The van der Waals surface area contributed by atoms with Crippen molar-refractivity contribution in [3.63, 3.8) is 0 Å². The highest BCUT2D eigenvalue weighted by molar-refractivity contribution is 14.0. The lowest BCUT2D eigenvalue weighted by atomic mass is 9.84. The highest BCUT2D eigenvalue weighted by Gasteiger charge is 2.26. The van der Waals surface area contributed by atoms with Crippen LogP contribution in [0.4, 0.5) is 0 Å². The van der Waals surface area contributed by atoms with Crippen molar-refractivity contribution in [3.05, 3.63) is 65.2 Å². The Labute approximate surface area is 169 Å². The van der Waals surface area contributed by atoms with Crippen LogP contribution in [0.25, 0.3) is 0 Å². The van der Waals surface area contributed by atoms with Crippen molar-refractivity contribution in [3.8, 4) is 5.75 Å². The first kappa shape index (κ1) is 20.2. The highest BCUT2D eigenvalue weighted by atomic mass is 127. The Morgan fingerprint density at radius 2 is 1.72 bits per heavy atom. The van der Waals surface area contributed by atoms with Gasteiger partial charge in [-0.25, -0.2) is 0 Å². The van der Waals surface area contributed by atoms with E-state index in [2.05, 4.69) is 55.1 Å². The molecule has 2 aromatic carbocycles. The quantitative estimate of drug-likeness (QED) is 0.569. The number of rotatable bonds is 6. The van der Waals surface area contributed by atoms with Gasteiger partial charge in [-0.15, -0.1) is 24.0 Å². The number of halogens is 1. The number of hydrogen-bond donors (Lipinski definition) is 1. The van der Waals surface area contributed by atoms with E-state index in [4.69, 9.17) is 0 Å². The largest absolute Gasteiger partial charge is 0.508 e. The van der Waals surface area contributed by atoms with E-state index in [1.54, 1.807) is 0 Å². The van der Waals surface area contributed by atoms with Gasteiger partial charge in [0.25, 0.3) is 0 Å². The first-order valence-electron chi connectivity index (χ1n) is 9.27. The van der Waals surface area contributed by atoms with Crippen LogP contribution in [-0.2, 0) is 0 Å². The third-order valence-corrected chi connectivity index (χ3v) is 5.40. The molecule has 1 aliphatic rings. The Kier molecular flexibility index (Phi) is 7.76. The molecule has 0 aliphatic carbocycles. The van der Waals surface area contributed by atoms with Crippen molar-refractivity contribution < 1.29 is 5.11 Å². The van der Waals surface area contributed by atoms with Gasteiger partial charge in [-0.05, 0) is 57.3 Å². The minimum absolute atomic E-state index is 0. The van der Waals surface area contributed by atoms with E-state index < -0.39 is 0 Å². The normalized spacial score (nSPS) is 17.0. The lowest BCUT2D eigenvalue weighted by molar-refractivity contribution is 0.218. The zero-order chi connectivity index (χ0) is 16.9. The number of benzene rings is 2. The van der Waals surface area contributed by atoms with E-state index >= 15 is 0 Å². The van der Waals surface area contributed by atoms with Gasteiger partial charge in [-0.1, -0.05) is 55.0 Å². The van der Waals surface area contributed by atoms with Crippen molar-refractivity contribution in [1.82, 2.24) is 4.90 Å². The average Bonchev–Trinajstić information content (AvgIpc) is 3.14. The van der Waals surface area contributed by atoms with Crippen molar-refractivity contribution in [2.24, 2.45) is 0 Å². The summed E-state index contributed by atoms with van der Waals surface area (Å²) in [4.78, 5) is 2.64. The average molecular weight is 451 g/mol. The summed E-state index contributed by atoms with van der Waals surface area (Å²) in [5.74, 6) is 0.669. The Balaban J connectivity index is 0.00000225. The van der Waals surface area contributed by atoms with Crippen LogP contribution in [-0.4, -0.2) is 29.1 Å². The molecule has 1 aliphatic heterocycles. The number of phenolic OH excluding ortho intramolecular Hbond substituents is 1. The fourth-order valence-electron chi connectivity index (χ4n) is 4.03. The van der Waals surface area contributed by atoms with Crippen LogP contribution in [0, 0.1) is 6.92 Å². The van der Waals surface area contributed by atoms with Crippen molar-refractivity contribution in [1.29, 1.82) is 0 Å².